The van der Waals surface area contributed by atoms with Gasteiger partial charge in [-0.3, -0.25) is 13.9 Å². The molecular weight excluding hydrogens is 553 g/mol. The first-order valence-electron chi connectivity index (χ1n) is 14.5. The summed E-state index contributed by atoms with van der Waals surface area (Å²) < 4.78 is 39.7. The smallest absolute Gasteiger partial charge is 0.243 e. The Bertz CT molecular complexity index is 1440. The van der Waals surface area contributed by atoms with Crippen molar-refractivity contribution < 1.29 is 22.4 Å². The van der Waals surface area contributed by atoms with E-state index in [1.165, 1.54) is 28.6 Å². The lowest BCUT2D eigenvalue weighted by Gasteiger charge is -2.33. The van der Waals surface area contributed by atoms with Crippen LogP contribution in [0, 0.1) is 12.7 Å². The second-order valence-electron chi connectivity index (χ2n) is 11.1. The van der Waals surface area contributed by atoms with E-state index in [-0.39, 0.29) is 43.8 Å². The van der Waals surface area contributed by atoms with Gasteiger partial charge in [0.05, 0.1) is 11.9 Å². The molecule has 1 fully saturated rings. The summed E-state index contributed by atoms with van der Waals surface area (Å²) in [6.45, 7) is 2.29. The van der Waals surface area contributed by atoms with Crippen LogP contribution in [0.4, 0.5) is 10.1 Å². The lowest BCUT2D eigenvalue weighted by atomic mass is 10.0. The lowest BCUT2D eigenvalue weighted by molar-refractivity contribution is -0.141. The topological polar surface area (TPSA) is 86.8 Å². The Kier molecular flexibility index (Phi) is 10.7. The van der Waals surface area contributed by atoms with Crippen LogP contribution in [0.2, 0.25) is 0 Å². The van der Waals surface area contributed by atoms with Gasteiger partial charge in [0.2, 0.25) is 21.8 Å². The molecule has 1 atom stereocenters. The van der Waals surface area contributed by atoms with Gasteiger partial charge in [-0.05, 0) is 61.6 Å². The van der Waals surface area contributed by atoms with E-state index in [2.05, 4.69) is 5.32 Å². The fraction of sp³-hybridized carbons (Fsp3) is 0.394. The average Bonchev–Trinajstić information content (AvgIpc) is 3.46. The van der Waals surface area contributed by atoms with Crippen molar-refractivity contribution in [2.75, 3.05) is 17.1 Å². The summed E-state index contributed by atoms with van der Waals surface area (Å²) >= 11 is 0. The van der Waals surface area contributed by atoms with Gasteiger partial charge in [0.25, 0.3) is 0 Å². The maximum Gasteiger partial charge on any atom is 0.243 e. The third kappa shape index (κ3) is 8.89. The van der Waals surface area contributed by atoms with Crippen molar-refractivity contribution in [1.29, 1.82) is 0 Å². The molecule has 0 aliphatic heterocycles. The van der Waals surface area contributed by atoms with Crippen molar-refractivity contribution in [3.8, 4) is 0 Å². The highest BCUT2D eigenvalue weighted by atomic mass is 32.2. The number of carbonyl (C=O) groups is 2. The fourth-order valence-electron chi connectivity index (χ4n) is 5.54. The molecule has 0 radical (unpaired) electrons. The fourth-order valence-corrected chi connectivity index (χ4v) is 6.51. The summed E-state index contributed by atoms with van der Waals surface area (Å²) in [6.07, 6.45) is 5.74. The monoisotopic (exact) mass is 593 g/mol. The van der Waals surface area contributed by atoms with Gasteiger partial charge in [-0.1, -0.05) is 73.0 Å². The lowest BCUT2D eigenvalue weighted by Crippen LogP contribution is -2.52. The second kappa shape index (κ2) is 14.4. The molecule has 1 aliphatic rings. The molecule has 9 heteroatoms. The Balaban J connectivity index is 1.58. The molecule has 0 heterocycles. The van der Waals surface area contributed by atoms with Crippen LogP contribution < -0.4 is 9.62 Å². The summed E-state index contributed by atoms with van der Waals surface area (Å²) in [5, 5.41) is 3.20. The number of benzene rings is 3. The van der Waals surface area contributed by atoms with Crippen LogP contribution in [-0.2, 0) is 32.6 Å². The predicted molar refractivity (Wildman–Crippen MR) is 164 cm³/mol. The molecule has 1 saturated carbocycles. The van der Waals surface area contributed by atoms with Gasteiger partial charge in [-0.15, -0.1) is 0 Å². The van der Waals surface area contributed by atoms with Crippen LogP contribution >= 0.6 is 0 Å². The Morgan fingerprint density at radius 2 is 1.62 bits per heavy atom. The minimum absolute atomic E-state index is 0.0427. The van der Waals surface area contributed by atoms with E-state index in [9.17, 15) is 22.4 Å². The normalized spacial score (nSPS) is 14.4. The van der Waals surface area contributed by atoms with E-state index in [1.807, 2.05) is 61.5 Å². The molecule has 4 rings (SSSR count). The zero-order valence-electron chi connectivity index (χ0n) is 24.3. The summed E-state index contributed by atoms with van der Waals surface area (Å²) in [5.41, 5.74) is 3.25. The third-order valence-corrected chi connectivity index (χ3v) is 8.87. The largest absolute Gasteiger partial charge is 0.352 e. The Morgan fingerprint density at radius 3 is 2.26 bits per heavy atom. The number of carbonyl (C=O) groups excluding carboxylic acids is 2. The van der Waals surface area contributed by atoms with Crippen LogP contribution in [0.25, 0.3) is 0 Å². The highest BCUT2D eigenvalue weighted by Crippen LogP contribution is 2.22. The number of hydrogen-bond acceptors (Lipinski definition) is 4. The second-order valence-corrected chi connectivity index (χ2v) is 13.0. The average molecular weight is 594 g/mol. The van der Waals surface area contributed by atoms with Crippen LogP contribution in [-0.4, -0.2) is 50.0 Å². The minimum Gasteiger partial charge on any atom is -0.352 e. The van der Waals surface area contributed by atoms with Crippen molar-refractivity contribution in [3.63, 3.8) is 0 Å². The predicted octanol–water partition coefficient (Wildman–Crippen LogP) is 5.38. The van der Waals surface area contributed by atoms with Gasteiger partial charge in [0.1, 0.15) is 11.9 Å². The molecule has 0 bridgehead atoms. The number of amides is 2. The van der Waals surface area contributed by atoms with Gasteiger partial charge >= 0.3 is 0 Å². The number of nitrogens with zero attached hydrogens (tertiary/aromatic N) is 2. The molecule has 0 aromatic heterocycles. The molecule has 0 unspecified atom stereocenters. The van der Waals surface area contributed by atoms with E-state index in [0.717, 1.165) is 48.6 Å². The first-order chi connectivity index (χ1) is 20.1. The summed E-state index contributed by atoms with van der Waals surface area (Å²) in [4.78, 5) is 29.4. The quantitative estimate of drug-likeness (QED) is 0.288. The van der Waals surface area contributed by atoms with Crippen LogP contribution in [0.3, 0.4) is 0 Å². The zero-order chi connectivity index (χ0) is 30.1. The summed E-state index contributed by atoms with van der Waals surface area (Å²) in [5.74, 6) is -0.864. The SMILES string of the molecule is Cc1cccc(CN(C(=O)CCCN(c2ccc(F)cc2)S(C)(=O)=O)[C@@H](Cc2ccccc2)C(=O)NC2CCCC2)c1. The van der Waals surface area contributed by atoms with Gasteiger partial charge < -0.3 is 10.2 Å². The van der Waals surface area contributed by atoms with Crippen LogP contribution in [0.1, 0.15) is 55.2 Å². The van der Waals surface area contributed by atoms with E-state index in [4.69, 9.17) is 0 Å². The number of sulfonamides is 1. The van der Waals surface area contributed by atoms with Crippen molar-refractivity contribution >= 4 is 27.5 Å². The van der Waals surface area contributed by atoms with E-state index in [1.54, 1.807) is 4.90 Å². The van der Waals surface area contributed by atoms with Gasteiger partial charge in [0.15, 0.2) is 0 Å². The van der Waals surface area contributed by atoms with Crippen molar-refractivity contribution in [2.24, 2.45) is 0 Å². The molecule has 42 heavy (non-hydrogen) atoms. The Morgan fingerprint density at radius 1 is 0.952 bits per heavy atom. The molecule has 1 N–H and O–H groups in total. The maximum absolute atomic E-state index is 13.9. The van der Waals surface area contributed by atoms with E-state index >= 15 is 0 Å². The van der Waals surface area contributed by atoms with Crippen molar-refractivity contribution in [3.05, 3.63) is 101 Å². The highest BCUT2D eigenvalue weighted by molar-refractivity contribution is 7.92. The molecule has 3 aromatic carbocycles. The summed E-state index contributed by atoms with van der Waals surface area (Å²) in [6, 6.07) is 22.1. The molecular formula is C33H40FN3O4S. The Labute approximate surface area is 248 Å². The summed E-state index contributed by atoms with van der Waals surface area (Å²) in [7, 11) is -3.66. The minimum atomic E-state index is -3.66. The number of anilines is 1. The van der Waals surface area contributed by atoms with Gasteiger partial charge in [0, 0.05) is 32.0 Å². The molecule has 7 nitrogen and oxygen atoms in total. The molecule has 0 spiro atoms. The van der Waals surface area contributed by atoms with Crippen molar-refractivity contribution in [2.45, 2.75) is 70.5 Å². The third-order valence-electron chi connectivity index (χ3n) is 7.67. The number of aryl methyl sites for hydroxylation is 1. The molecule has 1 aliphatic carbocycles. The van der Waals surface area contributed by atoms with Crippen LogP contribution in [0.15, 0.2) is 78.9 Å². The number of halogens is 1. The number of nitrogens with one attached hydrogen (secondary N) is 1. The van der Waals surface area contributed by atoms with E-state index in [0.29, 0.717) is 12.1 Å². The molecule has 3 aromatic rings. The van der Waals surface area contributed by atoms with Gasteiger partial charge in [-0.2, -0.15) is 0 Å². The number of rotatable bonds is 13. The maximum atomic E-state index is 13.9. The first kappa shape index (κ1) is 31.2. The highest BCUT2D eigenvalue weighted by Gasteiger charge is 2.32. The van der Waals surface area contributed by atoms with Crippen LogP contribution in [0.5, 0.6) is 0 Å². The molecule has 0 saturated heterocycles. The zero-order valence-corrected chi connectivity index (χ0v) is 25.2. The van der Waals surface area contributed by atoms with Gasteiger partial charge in [-0.25, -0.2) is 12.8 Å². The van der Waals surface area contributed by atoms with Crippen molar-refractivity contribution in [1.82, 2.24) is 10.2 Å². The van der Waals surface area contributed by atoms with E-state index < -0.39 is 21.9 Å². The molecule has 224 valence electrons. The first-order valence-corrected chi connectivity index (χ1v) is 16.4. The molecule has 2 amide bonds. The number of hydrogen-bond donors (Lipinski definition) is 1. The Hall–Kier alpha value is -3.72. The standard InChI is InChI=1S/C33H40FN3O4S/c1-25-10-8-13-27(22-25)24-36(31(23-26-11-4-3-5-12-26)33(39)35-29-14-6-7-15-29)32(38)16-9-21-37(42(2,40)41)30-19-17-28(34)18-20-30/h3-5,8,10-13,17-20,22,29,31H,6-7,9,14-16,21,23-24H2,1-2H3,(H,35,39)/t31-/m0/s1.